The van der Waals surface area contributed by atoms with Crippen molar-refractivity contribution in [1.82, 2.24) is 0 Å². The smallest absolute Gasteiger partial charge is 0.335 e. The molecule has 0 atom stereocenters. The van der Waals surface area contributed by atoms with Crippen molar-refractivity contribution in [2.45, 2.75) is 6.42 Å². The van der Waals surface area contributed by atoms with Gasteiger partial charge >= 0.3 is 5.97 Å². The van der Waals surface area contributed by atoms with Crippen LogP contribution in [0.1, 0.15) is 26.3 Å². The summed E-state index contributed by atoms with van der Waals surface area (Å²) in [7, 11) is 1.70. The van der Waals surface area contributed by atoms with Gasteiger partial charge < -0.3 is 10.4 Å². The van der Waals surface area contributed by atoms with E-state index in [0.717, 1.165) is 5.56 Å². The highest BCUT2D eigenvalue weighted by molar-refractivity contribution is 6.04. The summed E-state index contributed by atoms with van der Waals surface area (Å²) >= 11 is 0. The van der Waals surface area contributed by atoms with Crippen molar-refractivity contribution in [3.63, 3.8) is 0 Å². The van der Waals surface area contributed by atoms with Crippen molar-refractivity contribution in [3.8, 4) is 0 Å². The van der Waals surface area contributed by atoms with Gasteiger partial charge in [-0.25, -0.2) is 4.79 Å². The molecule has 4 heteroatoms. The first kappa shape index (κ1) is 13.8. The number of carboxylic acid groups (broad SMARTS) is 1. The van der Waals surface area contributed by atoms with Crippen LogP contribution in [0, 0.1) is 0 Å². The predicted molar refractivity (Wildman–Crippen MR) is 77.4 cm³/mol. The third-order valence-corrected chi connectivity index (χ3v) is 3.04. The molecule has 4 nitrogen and oxygen atoms in total. The molecule has 2 rings (SSSR count). The van der Waals surface area contributed by atoms with Crippen LogP contribution >= 0.6 is 0 Å². The van der Waals surface area contributed by atoms with Crippen molar-refractivity contribution >= 4 is 17.4 Å². The van der Waals surface area contributed by atoms with E-state index in [-0.39, 0.29) is 17.8 Å². The van der Waals surface area contributed by atoms with Crippen molar-refractivity contribution in [2.24, 2.45) is 0 Å². The lowest BCUT2D eigenvalue weighted by molar-refractivity contribution is 0.0697. The number of nitrogens with one attached hydrogen (secondary N) is 1. The Hall–Kier alpha value is -2.62. The second-order valence-corrected chi connectivity index (χ2v) is 4.40. The third-order valence-electron chi connectivity index (χ3n) is 3.04. The minimum Gasteiger partial charge on any atom is -0.478 e. The van der Waals surface area contributed by atoms with Gasteiger partial charge in [0.15, 0.2) is 5.78 Å². The fraction of sp³-hybridized carbons (Fsp3) is 0.125. The van der Waals surface area contributed by atoms with E-state index in [0.29, 0.717) is 11.3 Å². The van der Waals surface area contributed by atoms with Gasteiger partial charge in [-0.05, 0) is 23.8 Å². The molecule has 0 saturated heterocycles. The van der Waals surface area contributed by atoms with Gasteiger partial charge in [-0.2, -0.15) is 0 Å². The Labute approximate surface area is 117 Å². The van der Waals surface area contributed by atoms with Crippen molar-refractivity contribution in [2.75, 3.05) is 12.4 Å². The highest BCUT2D eigenvalue weighted by Gasteiger charge is 2.14. The number of hydrogen-bond donors (Lipinski definition) is 2. The first-order valence-electron chi connectivity index (χ1n) is 6.24. The zero-order chi connectivity index (χ0) is 14.5. The number of Topliss-reactive ketones (excluding diaryl/α,β-unsaturated/α-hetero) is 1. The van der Waals surface area contributed by atoms with Crippen LogP contribution < -0.4 is 5.32 Å². The standard InChI is InChI=1S/C16H15NO3/c1-17-14-8-7-12(16(19)20)10-13(14)15(18)9-11-5-3-2-4-6-11/h2-8,10,17H,9H2,1H3,(H,19,20). The van der Waals surface area contributed by atoms with E-state index in [1.807, 2.05) is 30.3 Å². The summed E-state index contributed by atoms with van der Waals surface area (Å²) < 4.78 is 0. The van der Waals surface area contributed by atoms with Crippen LogP contribution in [0.25, 0.3) is 0 Å². The molecule has 0 bridgehead atoms. The number of ketones is 1. The molecule has 2 aromatic rings. The molecule has 0 fully saturated rings. The van der Waals surface area contributed by atoms with Crippen LogP contribution in [0.2, 0.25) is 0 Å². The third kappa shape index (κ3) is 3.03. The Bertz CT molecular complexity index is 635. The molecule has 0 unspecified atom stereocenters. The second kappa shape index (κ2) is 6.02. The van der Waals surface area contributed by atoms with Gasteiger partial charge in [-0.15, -0.1) is 0 Å². The predicted octanol–water partition coefficient (Wildman–Crippen LogP) is 2.85. The molecule has 0 aliphatic carbocycles. The minimum atomic E-state index is -1.04. The van der Waals surface area contributed by atoms with Crippen molar-refractivity contribution in [3.05, 3.63) is 65.2 Å². The van der Waals surface area contributed by atoms with Crippen LogP contribution in [-0.2, 0) is 6.42 Å². The number of carboxylic acids is 1. The Balaban J connectivity index is 2.32. The topological polar surface area (TPSA) is 66.4 Å². The van der Waals surface area contributed by atoms with Crippen molar-refractivity contribution < 1.29 is 14.7 Å². The molecule has 0 spiro atoms. The monoisotopic (exact) mass is 269 g/mol. The first-order valence-corrected chi connectivity index (χ1v) is 6.24. The highest BCUT2D eigenvalue weighted by Crippen LogP contribution is 2.19. The maximum atomic E-state index is 12.3. The first-order chi connectivity index (χ1) is 9.61. The maximum absolute atomic E-state index is 12.3. The number of benzene rings is 2. The lowest BCUT2D eigenvalue weighted by atomic mass is 9.99. The summed E-state index contributed by atoms with van der Waals surface area (Å²) in [6.07, 6.45) is 0.249. The number of rotatable bonds is 5. The van der Waals surface area contributed by atoms with Gasteiger partial charge in [0.2, 0.25) is 0 Å². The fourth-order valence-electron chi connectivity index (χ4n) is 2.00. The summed E-state index contributed by atoms with van der Waals surface area (Å²) in [6.45, 7) is 0. The fourth-order valence-corrected chi connectivity index (χ4v) is 2.00. The van der Waals surface area contributed by atoms with Crippen LogP contribution in [0.15, 0.2) is 48.5 Å². The van der Waals surface area contributed by atoms with Crippen LogP contribution in [0.4, 0.5) is 5.69 Å². The largest absolute Gasteiger partial charge is 0.478 e. The van der Waals surface area contributed by atoms with E-state index in [2.05, 4.69) is 5.32 Å². The Kier molecular flexibility index (Phi) is 4.15. The van der Waals surface area contributed by atoms with Crippen molar-refractivity contribution in [1.29, 1.82) is 0 Å². The Morgan fingerprint density at radius 2 is 1.80 bits per heavy atom. The molecule has 0 aromatic heterocycles. The lowest BCUT2D eigenvalue weighted by Gasteiger charge is -2.09. The minimum absolute atomic E-state index is 0.108. The summed E-state index contributed by atoms with van der Waals surface area (Å²) in [4.78, 5) is 23.3. The maximum Gasteiger partial charge on any atom is 0.335 e. The van der Waals surface area contributed by atoms with E-state index < -0.39 is 5.97 Å². The summed E-state index contributed by atoms with van der Waals surface area (Å²) in [5.41, 5.74) is 2.05. The summed E-state index contributed by atoms with van der Waals surface area (Å²) in [5.74, 6) is -1.15. The molecule has 20 heavy (non-hydrogen) atoms. The van der Waals surface area contributed by atoms with E-state index in [9.17, 15) is 9.59 Å². The van der Waals surface area contributed by atoms with Gasteiger partial charge in [-0.3, -0.25) is 4.79 Å². The Morgan fingerprint density at radius 1 is 1.10 bits per heavy atom. The number of carbonyl (C=O) groups excluding carboxylic acids is 1. The molecule has 2 aromatic carbocycles. The van der Waals surface area contributed by atoms with Crippen LogP contribution in [0.3, 0.4) is 0 Å². The molecule has 0 amide bonds. The molecule has 2 N–H and O–H groups in total. The molecule has 0 aliphatic heterocycles. The number of anilines is 1. The van der Waals surface area contributed by atoms with E-state index in [1.54, 1.807) is 13.1 Å². The van der Waals surface area contributed by atoms with E-state index in [1.165, 1.54) is 12.1 Å². The zero-order valence-electron chi connectivity index (χ0n) is 11.1. The average Bonchev–Trinajstić information content (AvgIpc) is 2.47. The Morgan fingerprint density at radius 3 is 2.40 bits per heavy atom. The van der Waals surface area contributed by atoms with Gasteiger partial charge in [-0.1, -0.05) is 30.3 Å². The van der Waals surface area contributed by atoms with E-state index >= 15 is 0 Å². The second-order valence-electron chi connectivity index (χ2n) is 4.40. The van der Waals surface area contributed by atoms with Gasteiger partial charge in [0, 0.05) is 24.7 Å². The highest BCUT2D eigenvalue weighted by atomic mass is 16.4. The molecular formula is C16H15NO3. The molecule has 102 valence electrons. The molecule has 0 radical (unpaired) electrons. The quantitative estimate of drug-likeness (QED) is 0.819. The SMILES string of the molecule is CNc1ccc(C(=O)O)cc1C(=O)Cc1ccccc1. The normalized spacial score (nSPS) is 10.1. The molecule has 0 heterocycles. The molecular weight excluding hydrogens is 254 g/mol. The zero-order valence-corrected chi connectivity index (χ0v) is 11.1. The van der Waals surface area contributed by atoms with Gasteiger partial charge in [0.1, 0.15) is 0 Å². The van der Waals surface area contributed by atoms with E-state index in [4.69, 9.17) is 5.11 Å². The number of aromatic carboxylic acids is 1. The van der Waals surface area contributed by atoms with Gasteiger partial charge in [0.25, 0.3) is 0 Å². The van der Waals surface area contributed by atoms with Crippen LogP contribution in [-0.4, -0.2) is 23.9 Å². The van der Waals surface area contributed by atoms with Crippen LogP contribution in [0.5, 0.6) is 0 Å². The average molecular weight is 269 g/mol. The van der Waals surface area contributed by atoms with Gasteiger partial charge in [0.05, 0.1) is 5.56 Å². The summed E-state index contributed by atoms with van der Waals surface area (Å²) in [5, 5.41) is 11.9. The molecule has 0 saturated carbocycles. The summed E-state index contributed by atoms with van der Waals surface area (Å²) in [6, 6.07) is 13.9. The number of hydrogen-bond acceptors (Lipinski definition) is 3. The molecule has 0 aliphatic rings. The number of carbonyl (C=O) groups is 2. The lowest BCUT2D eigenvalue weighted by Crippen LogP contribution is -2.09.